The fraction of sp³-hybridized carbons (Fsp3) is 0.400. The van der Waals surface area contributed by atoms with Crippen LogP contribution in [0.3, 0.4) is 0 Å². The van der Waals surface area contributed by atoms with Gasteiger partial charge in [0.1, 0.15) is 47.1 Å². The zero-order valence-corrected chi connectivity index (χ0v) is 34.8. The second-order valence-corrected chi connectivity index (χ2v) is 15.7. The summed E-state index contributed by atoms with van der Waals surface area (Å²) in [6.07, 6.45) is 22.1. The number of carboxylic acids is 1. The highest BCUT2D eigenvalue weighted by Crippen LogP contribution is 2.32. The lowest BCUT2D eigenvalue weighted by molar-refractivity contribution is -0.134. The van der Waals surface area contributed by atoms with E-state index in [1.54, 1.807) is 73.6 Å². The molecule has 4 heterocycles. The molecule has 2 fully saturated rings. The highest BCUT2D eigenvalue weighted by atomic mass is 19.1. The molecule has 0 atom stereocenters. The number of carbonyl (C=O) groups is 1. The van der Waals surface area contributed by atoms with Crippen molar-refractivity contribution in [2.24, 2.45) is 17.6 Å². The Hall–Kier alpha value is -6.13. The molecule has 0 unspecified atom stereocenters. The summed E-state index contributed by atoms with van der Waals surface area (Å²) in [6, 6.07) is 14.5. The van der Waals surface area contributed by atoms with E-state index in [-0.39, 0.29) is 11.6 Å². The number of aromatic nitrogens is 8. The molecule has 8 rings (SSSR count). The number of para-hydroxylation sites is 2. The van der Waals surface area contributed by atoms with Crippen LogP contribution in [0.2, 0.25) is 0 Å². The molecule has 2 saturated carbocycles. The monoisotopic (exact) mass is 836 g/mol. The van der Waals surface area contributed by atoms with Crippen molar-refractivity contribution in [1.82, 2.24) is 44.8 Å². The number of nitrogens with two attached hydrogens (primary N) is 1. The van der Waals surface area contributed by atoms with Gasteiger partial charge in [0.05, 0.1) is 38.0 Å². The summed E-state index contributed by atoms with van der Waals surface area (Å²) < 4.78 is 43.2. The maximum absolute atomic E-state index is 14.1. The van der Waals surface area contributed by atoms with Crippen molar-refractivity contribution in [2.45, 2.75) is 90.3 Å². The average molecular weight is 837 g/mol. The number of aliphatic carboxylic acids is 1. The summed E-state index contributed by atoms with van der Waals surface area (Å²) in [6.45, 7) is 6.74. The van der Waals surface area contributed by atoms with Gasteiger partial charge in [0, 0.05) is 48.6 Å². The highest BCUT2D eigenvalue weighted by Gasteiger charge is 2.23. The van der Waals surface area contributed by atoms with Gasteiger partial charge in [-0.25, -0.2) is 38.1 Å². The minimum atomic E-state index is -0.833. The Kier molecular flexibility index (Phi) is 16.0. The molecule has 0 radical (unpaired) electrons. The van der Waals surface area contributed by atoms with Gasteiger partial charge in [0.25, 0.3) is 5.97 Å². The lowest BCUT2D eigenvalue weighted by atomic mass is 9.86. The van der Waals surface area contributed by atoms with Crippen molar-refractivity contribution >= 4 is 5.97 Å². The molecule has 0 spiro atoms. The van der Waals surface area contributed by atoms with Crippen LogP contribution in [0, 0.1) is 23.5 Å². The zero-order chi connectivity index (χ0) is 43.1. The van der Waals surface area contributed by atoms with Crippen LogP contribution >= 0.6 is 0 Å². The molecule has 2 aromatic carbocycles. The second-order valence-electron chi connectivity index (χ2n) is 15.7. The minimum absolute atomic E-state index is 0.320. The van der Waals surface area contributed by atoms with Crippen LogP contribution in [-0.4, -0.2) is 81.9 Å². The van der Waals surface area contributed by atoms with Crippen LogP contribution < -0.4 is 20.5 Å². The smallest absolute Gasteiger partial charge is 0.300 e. The molecule has 16 heteroatoms. The Bertz CT molecular complexity index is 2280. The van der Waals surface area contributed by atoms with Gasteiger partial charge in [0.2, 0.25) is 0 Å². The van der Waals surface area contributed by atoms with Crippen LogP contribution in [0.5, 0.6) is 11.5 Å². The Labute approximate surface area is 354 Å². The van der Waals surface area contributed by atoms with E-state index in [2.05, 4.69) is 49.3 Å². The van der Waals surface area contributed by atoms with Gasteiger partial charge in [-0.2, -0.15) is 10.2 Å². The topological polar surface area (TPSA) is 181 Å². The third-order valence-electron chi connectivity index (χ3n) is 10.5. The number of halogens is 2. The summed E-state index contributed by atoms with van der Waals surface area (Å²) in [5.74, 6) is 0.785. The van der Waals surface area contributed by atoms with E-state index in [1.165, 1.54) is 47.0 Å². The third-order valence-corrected chi connectivity index (χ3v) is 10.5. The molecule has 0 saturated heterocycles. The maximum Gasteiger partial charge on any atom is 0.300 e. The summed E-state index contributed by atoms with van der Waals surface area (Å²) in [4.78, 5) is 26.0. The van der Waals surface area contributed by atoms with Crippen molar-refractivity contribution in [3.8, 4) is 45.4 Å². The molecular weight excluding hydrogens is 783 g/mol. The molecule has 0 bridgehead atoms. The maximum atomic E-state index is 14.1. The summed E-state index contributed by atoms with van der Waals surface area (Å²) >= 11 is 0. The molecule has 6 aromatic rings. The fourth-order valence-corrected chi connectivity index (χ4v) is 7.44. The summed E-state index contributed by atoms with van der Waals surface area (Å²) in [5.41, 5.74) is 9.59. The minimum Gasteiger partial charge on any atom is -0.489 e. The number of ether oxygens (including phenoxy) is 2. The van der Waals surface area contributed by atoms with Crippen molar-refractivity contribution in [2.75, 3.05) is 13.2 Å². The Morgan fingerprint density at radius 3 is 1.59 bits per heavy atom. The zero-order valence-electron chi connectivity index (χ0n) is 34.8. The summed E-state index contributed by atoms with van der Waals surface area (Å²) in [7, 11) is 0. The standard InChI is InChI=1S/C23H28FN5O.C20H22FN5O.C2H4O2/c1-16(2)28-19-9-7-17(8-10-19)14-30-22-12-25-15-26-23(22)18-11-27-29(13-18)21-6-4-3-5-20(21)24;21-17-3-1-2-4-18(17)26-11-15(9-25-26)20-19(10-23-13-24-20)27-12-14-5-7-16(22)8-6-14;1-2(3)4/h3-6,11-13,15-17,19,28H,7-10,14H2,1-2H3;1-4,9-11,13-14,16H,5-8,12,22H2;1H3,(H,3,4). The number of nitrogens with zero attached hydrogens (tertiary/aromatic N) is 8. The Morgan fingerprint density at radius 1 is 0.738 bits per heavy atom. The van der Waals surface area contributed by atoms with Gasteiger partial charge in [-0.15, -0.1) is 0 Å². The first-order valence-corrected chi connectivity index (χ1v) is 20.7. The van der Waals surface area contributed by atoms with E-state index >= 15 is 0 Å². The largest absolute Gasteiger partial charge is 0.489 e. The van der Waals surface area contributed by atoms with Crippen LogP contribution in [0.1, 0.15) is 72.1 Å². The molecule has 0 amide bonds. The van der Waals surface area contributed by atoms with E-state index in [1.807, 2.05) is 0 Å². The first-order chi connectivity index (χ1) is 29.5. The molecule has 4 aromatic heterocycles. The van der Waals surface area contributed by atoms with Crippen LogP contribution in [0.25, 0.3) is 33.9 Å². The normalized spacial score (nSPS) is 18.6. The quantitative estimate of drug-likeness (QED) is 0.109. The number of carboxylic acid groups (broad SMARTS) is 1. The number of benzene rings is 2. The summed E-state index contributed by atoms with van der Waals surface area (Å²) in [5, 5.41) is 19.6. The van der Waals surface area contributed by atoms with Crippen molar-refractivity contribution in [1.29, 1.82) is 0 Å². The number of hydrogen-bond donors (Lipinski definition) is 3. The third kappa shape index (κ3) is 12.9. The molecule has 322 valence electrons. The van der Waals surface area contributed by atoms with Crippen LogP contribution in [0.15, 0.2) is 98.4 Å². The SMILES string of the molecule is CC(=O)O.CC(C)NC1CCC(COc2cncnc2-c2cnn(-c3ccccc3F)c2)CC1.NC1CCC(COc2cncnc2-c2cnn(-c3ccccc3F)c2)CC1. The van der Waals surface area contributed by atoms with E-state index in [0.29, 0.717) is 77.4 Å². The Balaban J connectivity index is 0.000000189. The van der Waals surface area contributed by atoms with Crippen molar-refractivity contribution in [3.63, 3.8) is 0 Å². The number of nitrogens with one attached hydrogen (secondary N) is 1. The van der Waals surface area contributed by atoms with Crippen molar-refractivity contribution in [3.05, 3.63) is 110 Å². The van der Waals surface area contributed by atoms with Gasteiger partial charge in [0.15, 0.2) is 11.5 Å². The van der Waals surface area contributed by atoms with Gasteiger partial charge in [-0.1, -0.05) is 38.1 Å². The lowest BCUT2D eigenvalue weighted by Gasteiger charge is -2.30. The van der Waals surface area contributed by atoms with Crippen molar-refractivity contribution < 1.29 is 28.2 Å². The predicted molar refractivity (Wildman–Crippen MR) is 227 cm³/mol. The van der Waals surface area contributed by atoms with Gasteiger partial charge in [-0.3, -0.25) is 4.79 Å². The first-order valence-electron chi connectivity index (χ1n) is 20.7. The fourth-order valence-electron chi connectivity index (χ4n) is 7.44. The van der Waals surface area contributed by atoms with Gasteiger partial charge < -0.3 is 25.6 Å². The van der Waals surface area contributed by atoms with E-state index in [4.69, 9.17) is 25.1 Å². The van der Waals surface area contributed by atoms with E-state index in [0.717, 1.165) is 56.6 Å². The first kappa shape index (κ1) is 44.4. The molecular formula is C45H54F2N10O4. The van der Waals surface area contributed by atoms with Crippen LogP contribution in [-0.2, 0) is 4.79 Å². The van der Waals surface area contributed by atoms with Crippen LogP contribution in [0.4, 0.5) is 8.78 Å². The van der Waals surface area contributed by atoms with Gasteiger partial charge in [-0.05, 0) is 87.5 Å². The van der Waals surface area contributed by atoms with E-state index < -0.39 is 5.97 Å². The second kappa shape index (κ2) is 21.9. The predicted octanol–water partition coefficient (Wildman–Crippen LogP) is 7.86. The molecule has 14 nitrogen and oxygen atoms in total. The average Bonchev–Trinajstić information content (AvgIpc) is 3.95. The van der Waals surface area contributed by atoms with Gasteiger partial charge >= 0.3 is 0 Å². The Morgan fingerprint density at radius 2 is 1.16 bits per heavy atom. The molecule has 0 aliphatic heterocycles. The van der Waals surface area contributed by atoms with E-state index in [9.17, 15) is 8.78 Å². The number of hydrogen-bond acceptors (Lipinski definition) is 11. The molecule has 2 aliphatic carbocycles. The molecule has 2 aliphatic rings. The molecule has 4 N–H and O–H groups in total. The molecule has 61 heavy (non-hydrogen) atoms. The number of rotatable bonds is 12. The highest BCUT2D eigenvalue weighted by molar-refractivity contribution is 5.65. The lowest BCUT2D eigenvalue weighted by Crippen LogP contribution is -2.38.